The summed E-state index contributed by atoms with van der Waals surface area (Å²) >= 11 is 1.59. The maximum atomic E-state index is 13.9. The van der Waals surface area contributed by atoms with Gasteiger partial charge in [-0.25, -0.2) is 19.7 Å². The minimum absolute atomic E-state index is 0.0341. The van der Waals surface area contributed by atoms with E-state index >= 15 is 0 Å². The Balaban J connectivity index is 1.12. The monoisotopic (exact) mass is 595 g/mol. The minimum atomic E-state index is -4.65. The van der Waals surface area contributed by atoms with Crippen LogP contribution in [-0.2, 0) is 27.9 Å². The number of carbonyl (C=O) groups is 1. The number of carbonyl (C=O) groups excluding carboxylic acids is 1. The molecule has 2 atom stereocenters. The Kier molecular flexibility index (Phi) is 7.09. The Morgan fingerprint density at radius 1 is 1.07 bits per heavy atom. The van der Waals surface area contributed by atoms with Gasteiger partial charge in [0.05, 0.1) is 22.7 Å². The molecule has 10 nitrogen and oxygen atoms in total. The van der Waals surface area contributed by atoms with Crippen molar-refractivity contribution in [3.05, 3.63) is 28.0 Å². The summed E-state index contributed by atoms with van der Waals surface area (Å²) in [5, 5.41) is 0. The van der Waals surface area contributed by atoms with Crippen LogP contribution in [0.25, 0.3) is 0 Å². The van der Waals surface area contributed by atoms with Gasteiger partial charge >= 0.3 is 12.3 Å². The Morgan fingerprint density at radius 3 is 2.39 bits per heavy atom. The quantitative estimate of drug-likeness (QED) is 0.521. The van der Waals surface area contributed by atoms with Crippen LogP contribution in [0.5, 0.6) is 0 Å². The van der Waals surface area contributed by atoms with Gasteiger partial charge in [0, 0.05) is 64.0 Å². The summed E-state index contributed by atoms with van der Waals surface area (Å²) in [5.74, 6) is -0.532. The number of piperidine rings is 1. The second-order valence-corrected chi connectivity index (χ2v) is 13.1. The number of halogens is 3. The third-order valence-electron chi connectivity index (χ3n) is 8.55. The van der Waals surface area contributed by atoms with Crippen LogP contribution in [0.4, 0.5) is 29.6 Å². The zero-order valence-electron chi connectivity index (χ0n) is 23.8. The second kappa shape index (κ2) is 10.2. The molecule has 0 saturated carbocycles. The molecule has 3 fully saturated rings. The number of piperazine rings is 1. The average molecular weight is 596 g/mol. The Bertz CT molecular complexity index is 1280. The van der Waals surface area contributed by atoms with Crippen LogP contribution in [0.15, 0.2) is 11.6 Å². The highest BCUT2D eigenvalue weighted by Gasteiger charge is 2.46. The van der Waals surface area contributed by atoms with Crippen molar-refractivity contribution in [3.8, 4) is 0 Å². The molecule has 41 heavy (non-hydrogen) atoms. The highest BCUT2D eigenvalue weighted by atomic mass is 32.1. The van der Waals surface area contributed by atoms with E-state index in [-0.39, 0.29) is 18.2 Å². The standard InChI is InChI=1S/C27H36F3N7O3S/c1-17-19(34-9-11-36(12-10-34)24(38)40-25(2,3)4)14-37(17)21-13-20(32-23(33-21)27(28,29)30)35-7-5-26(6-8-35)22-18(15-39-26)31-16-41-22/h13,16-17,19H,5-12,14-15H2,1-4H3/t17-,19-/m1/s1. The topological polar surface area (TPSA) is 87.2 Å². The summed E-state index contributed by atoms with van der Waals surface area (Å²) < 4.78 is 53.3. The first kappa shape index (κ1) is 28.4. The van der Waals surface area contributed by atoms with Crippen LogP contribution in [-0.4, -0.2) is 94.3 Å². The van der Waals surface area contributed by atoms with Gasteiger partial charge in [0.15, 0.2) is 0 Å². The largest absolute Gasteiger partial charge is 0.451 e. The fourth-order valence-corrected chi connectivity index (χ4v) is 7.23. The highest BCUT2D eigenvalue weighted by Crippen LogP contribution is 2.46. The molecule has 14 heteroatoms. The normalized spacial score (nSPS) is 24.9. The lowest BCUT2D eigenvalue weighted by molar-refractivity contribution is -0.144. The van der Waals surface area contributed by atoms with Crippen LogP contribution in [0.2, 0.25) is 0 Å². The first-order valence-electron chi connectivity index (χ1n) is 14.1. The smallest absolute Gasteiger partial charge is 0.444 e. The van der Waals surface area contributed by atoms with E-state index in [2.05, 4.69) is 19.9 Å². The van der Waals surface area contributed by atoms with Gasteiger partial charge < -0.3 is 24.2 Å². The van der Waals surface area contributed by atoms with Crippen molar-refractivity contribution in [2.75, 3.05) is 55.6 Å². The van der Waals surface area contributed by atoms with Crippen molar-refractivity contribution < 1.29 is 27.4 Å². The molecule has 6 heterocycles. The molecule has 3 saturated heterocycles. The van der Waals surface area contributed by atoms with E-state index in [9.17, 15) is 18.0 Å². The lowest BCUT2D eigenvalue weighted by Gasteiger charge is -2.53. The van der Waals surface area contributed by atoms with Crippen LogP contribution in [0, 0.1) is 0 Å². The number of fused-ring (bicyclic) bond motifs is 2. The molecule has 0 aromatic carbocycles. The van der Waals surface area contributed by atoms with E-state index < -0.39 is 23.2 Å². The van der Waals surface area contributed by atoms with Gasteiger partial charge in [-0.1, -0.05) is 0 Å². The number of ether oxygens (including phenoxy) is 2. The summed E-state index contributed by atoms with van der Waals surface area (Å²) in [6.07, 6.45) is -3.63. The van der Waals surface area contributed by atoms with Gasteiger partial charge in [-0.05, 0) is 40.5 Å². The molecule has 4 aliphatic heterocycles. The third kappa shape index (κ3) is 5.45. The number of anilines is 2. The molecule has 0 aliphatic carbocycles. The number of alkyl halides is 3. The van der Waals surface area contributed by atoms with Gasteiger partial charge in [0.25, 0.3) is 0 Å². The number of rotatable bonds is 3. The highest BCUT2D eigenvalue weighted by molar-refractivity contribution is 7.10. The molecular formula is C27H36F3N7O3S. The third-order valence-corrected chi connectivity index (χ3v) is 9.60. The lowest BCUT2D eigenvalue weighted by atomic mass is 9.90. The lowest BCUT2D eigenvalue weighted by Crippen LogP contribution is -2.68. The molecule has 0 radical (unpaired) electrons. The first-order chi connectivity index (χ1) is 19.3. The van der Waals surface area contributed by atoms with E-state index in [4.69, 9.17) is 9.47 Å². The van der Waals surface area contributed by atoms with Crippen LogP contribution >= 0.6 is 11.3 Å². The van der Waals surface area contributed by atoms with Crippen molar-refractivity contribution in [2.45, 2.75) is 76.6 Å². The Labute approximate surface area is 241 Å². The average Bonchev–Trinajstić information content (AvgIpc) is 3.51. The zero-order valence-corrected chi connectivity index (χ0v) is 24.6. The van der Waals surface area contributed by atoms with Gasteiger partial charge in [-0.3, -0.25) is 4.90 Å². The summed E-state index contributed by atoms with van der Waals surface area (Å²) in [6, 6.07) is 1.81. The molecule has 1 amide bonds. The Hall–Kier alpha value is -2.71. The molecule has 224 valence electrons. The molecule has 6 rings (SSSR count). The van der Waals surface area contributed by atoms with E-state index in [0.29, 0.717) is 76.9 Å². The maximum Gasteiger partial charge on any atom is 0.451 e. The molecule has 2 aromatic heterocycles. The zero-order chi connectivity index (χ0) is 29.2. The number of amides is 1. The van der Waals surface area contributed by atoms with Crippen molar-refractivity contribution in [2.24, 2.45) is 0 Å². The van der Waals surface area contributed by atoms with Gasteiger partial charge in [0.2, 0.25) is 5.82 Å². The molecule has 1 spiro atoms. The van der Waals surface area contributed by atoms with Crippen molar-refractivity contribution >= 4 is 29.1 Å². The number of aromatic nitrogens is 3. The number of thiazole rings is 1. The Morgan fingerprint density at radius 2 is 1.76 bits per heavy atom. The van der Waals surface area contributed by atoms with E-state index in [1.165, 1.54) is 0 Å². The predicted molar refractivity (Wildman–Crippen MR) is 147 cm³/mol. The van der Waals surface area contributed by atoms with E-state index in [1.807, 2.05) is 43.0 Å². The van der Waals surface area contributed by atoms with Gasteiger partial charge in [-0.15, -0.1) is 11.3 Å². The molecule has 4 aliphatic rings. The summed E-state index contributed by atoms with van der Waals surface area (Å²) in [7, 11) is 0. The first-order valence-corrected chi connectivity index (χ1v) is 15.0. The molecular weight excluding hydrogens is 559 g/mol. The number of hydrogen-bond donors (Lipinski definition) is 0. The summed E-state index contributed by atoms with van der Waals surface area (Å²) in [6.45, 7) is 12.1. The predicted octanol–water partition coefficient (Wildman–Crippen LogP) is 4.11. The summed E-state index contributed by atoms with van der Waals surface area (Å²) in [4.78, 5) is 33.7. The second-order valence-electron chi connectivity index (χ2n) is 12.3. The van der Waals surface area contributed by atoms with Crippen molar-refractivity contribution in [3.63, 3.8) is 0 Å². The van der Waals surface area contributed by atoms with Crippen molar-refractivity contribution in [1.82, 2.24) is 24.8 Å². The SMILES string of the molecule is C[C@@H]1[C@H](N2CCN(C(=O)OC(C)(C)C)CC2)CN1c1cc(N2CCC3(CC2)OCc2ncsc23)nc(C(F)(F)F)n1. The molecule has 0 bridgehead atoms. The maximum absolute atomic E-state index is 13.9. The minimum Gasteiger partial charge on any atom is -0.444 e. The van der Waals surface area contributed by atoms with Crippen molar-refractivity contribution in [1.29, 1.82) is 0 Å². The summed E-state index contributed by atoms with van der Waals surface area (Å²) in [5.41, 5.74) is 1.85. The van der Waals surface area contributed by atoms with Gasteiger partial charge in [-0.2, -0.15) is 13.2 Å². The number of hydrogen-bond acceptors (Lipinski definition) is 10. The van der Waals surface area contributed by atoms with Crippen LogP contribution in [0.3, 0.4) is 0 Å². The molecule has 0 N–H and O–H groups in total. The molecule has 0 unspecified atom stereocenters. The fraction of sp³-hybridized carbons (Fsp3) is 0.704. The van der Waals surface area contributed by atoms with Crippen LogP contribution in [0.1, 0.15) is 56.9 Å². The van der Waals surface area contributed by atoms with Crippen LogP contribution < -0.4 is 9.80 Å². The van der Waals surface area contributed by atoms with Gasteiger partial charge in [0.1, 0.15) is 22.8 Å². The fourth-order valence-electron chi connectivity index (χ4n) is 6.22. The van der Waals surface area contributed by atoms with E-state index in [1.54, 1.807) is 22.3 Å². The number of nitrogens with zero attached hydrogens (tertiary/aromatic N) is 7. The molecule has 2 aromatic rings. The van der Waals surface area contributed by atoms with E-state index in [0.717, 1.165) is 10.6 Å².